The monoisotopic (exact) mass is 290 g/mol. The van der Waals surface area contributed by atoms with Gasteiger partial charge in [0.25, 0.3) is 0 Å². The summed E-state index contributed by atoms with van der Waals surface area (Å²) < 4.78 is 10.6. The third-order valence-corrected chi connectivity index (χ3v) is 2.94. The highest BCUT2D eigenvalue weighted by atomic mass is 35.5. The molecule has 20 heavy (non-hydrogen) atoms. The Kier molecular flexibility index (Phi) is 5.02. The second-order valence-electron chi connectivity index (χ2n) is 4.30. The molecule has 0 aliphatic carbocycles. The molecule has 0 N–H and O–H groups in total. The molecule has 0 saturated heterocycles. The first-order valence-electron chi connectivity index (χ1n) is 6.27. The van der Waals surface area contributed by atoms with Crippen LogP contribution in [0.15, 0.2) is 48.5 Å². The summed E-state index contributed by atoms with van der Waals surface area (Å²) in [5.74, 6) is 0.352. The molecule has 0 spiro atoms. The van der Waals surface area contributed by atoms with Gasteiger partial charge in [-0.15, -0.1) is 0 Å². The molecule has 0 bridgehead atoms. The van der Waals surface area contributed by atoms with Crippen molar-refractivity contribution in [2.75, 3.05) is 13.2 Å². The third-order valence-electron chi connectivity index (χ3n) is 2.69. The average molecular weight is 291 g/mol. The SMILES string of the molecule is Cc1ccc(C(=O)OCCOc2ccc(Cl)cc2)cc1. The molecule has 0 heterocycles. The molecule has 0 saturated carbocycles. The van der Waals surface area contributed by atoms with Gasteiger partial charge in [-0.25, -0.2) is 4.79 Å². The molecule has 4 heteroatoms. The van der Waals surface area contributed by atoms with Crippen molar-refractivity contribution in [2.45, 2.75) is 6.92 Å². The Labute approximate surface area is 123 Å². The van der Waals surface area contributed by atoms with Gasteiger partial charge in [0.1, 0.15) is 19.0 Å². The highest BCUT2D eigenvalue weighted by molar-refractivity contribution is 6.30. The molecule has 0 aliphatic rings. The highest BCUT2D eigenvalue weighted by Crippen LogP contribution is 2.15. The first kappa shape index (κ1) is 14.4. The number of halogens is 1. The minimum Gasteiger partial charge on any atom is -0.490 e. The zero-order chi connectivity index (χ0) is 14.4. The maximum absolute atomic E-state index is 11.7. The Morgan fingerprint density at radius 2 is 1.65 bits per heavy atom. The summed E-state index contributed by atoms with van der Waals surface area (Å²) in [7, 11) is 0. The second-order valence-corrected chi connectivity index (χ2v) is 4.74. The van der Waals surface area contributed by atoms with Crippen LogP contribution in [-0.2, 0) is 4.74 Å². The summed E-state index contributed by atoms with van der Waals surface area (Å²) in [4.78, 5) is 11.7. The largest absolute Gasteiger partial charge is 0.490 e. The molecule has 0 fully saturated rings. The van der Waals surface area contributed by atoms with Gasteiger partial charge in [-0.3, -0.25) is 0 Å². The van der Waals surface area contributed by atoms with Gasteiger partial charge in [-0.1, -0.05) is 29.3 Å². The van der Waals surface area contributed by atoms with Crippen LogP contribution in [0, 0.1) is 6.92 Å². The summed E-state index contributed by atoms with van der Waals surface area (Å²) in [6.45, 7) is 2.48. The third kappa shape index (κ3) is 4.28. The number of rotatable bonds is 5. The zero-order valence-corrected chi connectivity index (χ0v) is 11.9. The van der Waals surface area contributed by atoms with Crippen LogP contribution in [-0.4, -0.2) is 19.2 Å². The summed E-state index contributed by atoms with van der Waals surface area (Å²) in [6, 6.07) is 14.3. The van der Waals surface area contributed by atoms with Crippen LogP contribution in [0.1, 0.15) is 15.9 Å². The number of esters is 1. The summed E-state index contributed by atoms with van der Waals surface area (Å²) in [5, 5.41) is 0.656. The summed E-state index contributed by atoms with van der Waals surface area (Å²) in [5.41, 5.74) is 1.65. The smallest absolute Gasteiger partial charge is 0.338 e. The van der Waals surface area contributed by atoms with Crippen LogP contribution in [0.4, 0.5) is 0 Å². The number of hydrogen-bond acceptors (Lipinski definition) is 3. The summed E-state index contributed by atoms with van der Waals surface area (Å²) in [6.07, 6.45) is 0. The van der Waals surface area contributed by atoms with Crippen molar-refractivity contribution in [2.24, 2.45) is 0 Å². The molecule has 0 amide bonds. The van der Waals surface area contributed by atoms with Gasteiger partial charge in [-0.2, -0.15) is 0 Å². The molecular weight excluding hydrogens is 276 g/mol. The predicted octanol–water partition coefficient (Wildman–Crippen LogP) is 3.88. The first-order valence-corrected chi connectivity index (χ1v) is 6.65. The first-order chi connectivity index (χ1) is 9.65. The number of aryl methyl sites for hydroxylation is 1. The van der Waals surface area contributed by atoms with Crippen LogP contribution < -0.4 is 4.74 Å². The van der Waals surface area contributed by atoms with E-state index in [-0.39, 0.29) is 12.6 Å². The maximum atomic E-state index is 11.7. The Morgan fingerprint density at radius 1 is 1.00 bits per heavy atom. The minimum atomic E-state index is -0.343. The number of ether oxygens (including phenoxy) is 2. The van der Waals surface area contributed by atoms with Gasteiger partial charge < -0.3 is 9.47 Å². The number of benzene rings is 2. The van der Waals surface area contributed by atoms with Crippen molar-refractivity contribution in [1.29, 1.82) is 0 Å². The predicted molar refractivity (Wildman–Crippen MR) is 78.4 cm³/mol. The molecule has 104 valence electrons. The number of carbonyl (C=O) groups excluding carboxylic acids is 1. The lowest BCUT2D eigenvalue weighted by molar-refractivity contribution is 0.0450. The fourth-order valence-electron chi connectivity index (χ4n) is 1.60. The molecule has 0 radical (unpaired) electrons. The molecule has 2 rings (SSSR count). The topological polar surface area (TPSA) is 35.5 Å². The molecule has 2 aromatic rings. The van der Waals surface area contributed by atoms with E-state index >= 15 is 0 Å². The van der Waals surface area contributed by atoms with E-state index in [2.05, 4.69) is 0 Å². The van der Waals surface area contributed by atoms with E-state index in [1.807, 2.05) is 19.1 Å². The fraction of sp³-hybridized carbons (Fsp3) is 0.188. The van der Waals surface area contributed by atoms with E-state index in [9.17, 15) is 4.79 Å². The van der Waals surface area contributed by atoms with Crippen LogP contribution in [0.2, 0.25) is 5.02 Å². The normalized spacial score (nSPS) is 10.1. The molecule has 0 aromatic heterocycles. The molecule has 0 unspecified atom stereocenters. The van der Waals surface area contributed by atoms with Crippen LogP contribution in [0.3, 0.4) is 0 Å². The van der Waals surface area contributed by atoms with Gasteiger partial charge in [0, 0.05) is 5.02 Å². The lowest BCUT2D eigenvalue weighted by Gasteiger charge is -2.07. The van der Waals surface area contributed by atoms with Gasteiger partial charge in [0.05, 0.1) is 5.56 Å². The number of carbonyl (C=O) groups is 1. The molecule has 0 aliphatic heterocycles. The Hall–Kier alpha value is -2.00. The zero-order valence-electron chi connectivity index (χ0n) is 11.1. The van der Waals surface area contributed by atoms with Crippen molar-refractivity contribution in [3.63, 3.8) is 0 Å². The molecule has 2 aromatic carbocycles. The van der Waals surface area contributed by atoms with Crippen molar-refractivity contribution in [3.8, 4) is 5.75 Å². The second kappa shape index (κ2) is 6.96. The maximum Gasteiger partial charge on any atom is 0.338 e. The van der Waals surface area contributed by atoms with Gasteiger partial charge in [0.2, 0.25) is 0 Å². The van der Waals surface area contributed by atoms with Crippen LogP contribution >= 0.6 is 11.6 Å². The van der Waals surface area contributed by atoms with Gasteiger partial charge in [-0.05, 0) is 43.3 Å². The molecular formula is C16H15ClO3. The van der Waals surface area contributed by atoms with Crippen molar-refractivity contribution < 1.29 is 14.3 Å². The van der Waals surface area contributed by atoms with Gasteiger partial charge >= 0.3 is 5.97 Å². The van der Waals surface area contributed by atoms with Crippen molar-refractivity contribution in [1.82, 2.24) is 0 Å². The van der Waals surface area contributed by atoms with Crippen molar-refractivity contribution >= 4 is 17.6 Å². The summed E-state index contributed by atoms with van der Waals surface area (Å²) >= 11 is 5.77. The van der Waals surface area contributed by atoms with Gasteiger partial charge in [0.15, 0.2) is 0 Å². The lowest BCUT2D eigenvalue weighted by atomic mass is 10.1. The van der Waals surface area contributed by atoms with E-state index in [0.717, 1.165) is 5.56 Å². The molecule has 3 nitrogen and oxygen atoms in total. The van der Waals surface area contributed by atoms with Crippen LogP contribution in [0.25, 0.3) is 0 Å². The fourth-order valence-corrected chi connectivity index (χ4v) is 1.72. The Bertz CT molecular complexity index is 561. The Morgan fingerprint density at radius 3 is 2.30 bits per heavy atom. The highest BCUT2D eigenvalue weighted by Gasteiger charge is 2.06. The Balaban J connectivity index is 1.74. The minimum absolute atomic E-state index is 0.204. The van der Waals surface area contributed by atoms with E-state index in [1.54, 1.807) is 36.4 Å². The van der Waals surface area contributed by atoms with E-state index in [0.29, 0.717) is 22.9 Å². The average Bonchev–Trinajstić information content (AvgIpc) is 2.46. The standard InChI is InChI=1S/C16H15ClO3/c1-12-2-4-13(5-3-12)16(18)20-11-10-19-15-8-6-14(17)7-9-15/h2-9H,10-11H2,1H3. The number of hydrogen-bond donors (Lipinski definition) is 0. The lowest BCUT2D eigenvalue weighted by Crippen LogP contribution is -2.12. The van der Waals surface area contributed by atoms with E-state index < -0.39 is 0 Å². The quantitative estimate of drug-likeness (QED) is 0.619. The molecule has 0 atom stereocenters. The van der Waals surface area contributed by atoms with E-state index in [4.69, 9.17) is 21.1 Å². The van der Waals surface area contributed by atoms with Crippen LogP contribution in [0.5, 0.6) is 5.75 Å². The van der Waals surface area contributed by atoms with Crippen molar-refractivity contribution in [3.05, 3.63) is 64.7 Å². The van der Waals surface area contributed by atoms with E-state index in [1.165, 1.54) is 0 Å².